The lowest BCUT2D eigenvalue weighted by molar-refractivity contribution is -0.118. The van der Waals surface area contributed by atoms with Crippen LogP contribution in [0.15, 0.2) is 36.5 Å². The SMILES string of the molecule is O=Cc1ccccc1OCC(=O)Nc1ccnn1C1CCCC1. The van der Waals surface area contributed by atoms with E-state index >= 15 is 0 Å². The Labute approximate surface area is 134 Å². The number of aromatic nitrogens is 2. The molecule has 6 heteroatoms. The van der Waals surface area contributed by atoms with Crippen molar-refractivity contribution in [1.82, 2.24) is 9.78 Å². The van der Waals surface area contributed by atoms with Crippen molar-refractivity contribution in [3.63, 3.8) is 0 Å². The highest BCUT2D eigenvalue weighted by Crippen LogP contribution is 2.31. The van der Waals surface area contributed by atoms with Crippen molar-refractivity contribution < 1.29 is 14.3 Å². The molecule has 1 saturated carbocycles. The minimum Gasteiger partial charge on any atom is -0.483 e. The van der Waals surface area contributed by atoms with E-state index in [1.165, 1.54) is 12.8 Å². The van der Waals surface area contributed by atoms with Crippen LogP contribution in [0, 0.1) is 0 Å². The topological polar surface area (TPSA) is 73.2 Å². The number of anilines is 1. The summed E-state index contributed by atoms with van der Waals surface area (Å²) in [5.74, 6) is 0.821. The Morgan fingerprint density at radius 3 is 2.87 bits per heavy atom. The van der Waals surface area contributed by atoms with Gasteiger partial charge >= 0.3 is 0 Å². The summed E-state index contributed by atoms with van der Waals surface area (Å²) < 4.78 is 7.31. The zero-order valence-electron chi connectivity index (χ0n) is 12.8. The number of hydrogen-bond acceptors (Lipinski definition) is 4. The average Bonchev–Trinajstić information content (AvgIpc) is 3.24. The lowest BCUT2D eigenvalue weighted by Crippen LogP contribution is -2.23. The van der Waals surface area contributed by atoms with Crippen molar-refractivity contribution in [3.05, 3.63) is 42.1 Å². The van der Waals surface area contributed by atoms with Gasteiger partial charge < -0.3 is 10.1 Å². The number of nitrogens with one attached hydrogen (secondary N) is 1. The highest BCUT2D eigenvalue weighted by molar-refractivity contribution is 5.91. The molecule has 2 aromatic rings. The van der Waals surface area contributed by atoms with Crippen LogP contribution in [0.2, 0.25) is 0 Å². The molecule has 0 radical (unpaired) electrons. The van der Waals surface area contributed by atoms with E-state index < -0.39 is 0 Å². The van der Waals surface area contributed by atoms with E-state index in [1.54, 1.807) is 36.5 Å². The van der Waals surface area contributed by atoms with Crippen LogP contribution >= 0.6 is 0 Å². The zero-order chi connectivity index (χ0) is 16.1. The summed E-state index contributed by atoms with van der Waals surface area (Å²) in [6.07, 6.45) is 6.98. The summed E-state index contributed by atoms with van der Waals surface area (Å²) in [6, 6.07) is 8.97. The van der Waals surface area contributed by atoms with Crippen molar-refractivity contribution >= 4 is 18.0 Å². The predicted octanol–water partition coefficient (Wildman–Crippen LogP) is 2.83. The van der Waals surface area contributed by atoms with Gasteiger partial charge in [-0.05, 0) is 25.0 Å². The summed E-state index contributed by atoms with van der Waals surface area (Å²) in [5, 5.41) is 7.14. The Bertz CT molecular complexity index is 690. The monoisotopic (exact) mass is 313 g/mol. The van der Waals surface area contributed by atoms with Crippen LogP contribution in [-0.4, -0.2) is 28.6 Å². The van der Waals surface area contributed by atoms with Crippen molar-refractivity contribution in [3.8, 4) is 5.75 Å². The Kier molecular flexibility index (Phi) is 4.71. The molecular formula is C17H19N3O3. The minimum absolute atomic E-state index is 0.152. The maximum absolute atomic E-state index is 12.1. The van der Waals surface area contributed by atoms with Gasteiger partial charge in [0.1, 0.15) is 11.6 Å². The maximum Gasteiger partial charge on any atom is 0.263 e. The third-order valence-electron chi connectivity index (χ3n) is 4.01. The molecule has 3 rings (SSSR count). The first-order valence-corrected chi connectivity index (χ1v) is 7.78. The number of amides is 1. The van der Waals surface area contributed by atoms with Crippen molar-refractivity contribution in [2.45, 2.75) is 31.7 Å². The van der Waals surface area contributed by atoms with E-state index in [1.807, 2.05) is 4.68 Å². The number of benzene rings is 1. The summed E-state index contributed by atoms with van der Waals surface area (Å²) >= 11 is 0. The quantitative estimate of drug-likeness (QED) is 0.832. The third-order valence-corrected chi connectivity index (χ3v) is 4.01. The second-order valence-electron chi connectivity index (χ2n) is 5.59. The molecule has 0 atom stereocenters. The number of rotatable bonds is 6. The molecule has 23 heavy (non-hydrogen) atoms. The molecule has 1 aliphatic carbocycles. The van der Waals surface area contributed by atoms with E-state index in [-0.39, 0.29) is 12.5 Å². The van der Waals surface area contributed by atoms with Crippen molar-refractivity contribution in [2.24, 2.45) is 0 Å². The number of carbonyl (C=O) groups excluding carboxylic acids is 2. The second kappa shape index (κ2) is 7.09. The number of ether oxygens (including phenoxy) is 1. The van der Waals surface area contributed by atoms with Gasteiger partial charge in [0.25, 0.3) is 5.91 Å². The van der Waals surface area contributed by atoms with Crippen molar-refractivity contribution in [2.75, 3.05) is 11.9 Å². The smallest absolute Gasteiger partial charge is 0.263 e. The van der Waals surface area contributed by atoms with E-state index in [4.69, 9.17) is 4.74 Å². The molecule has 1 aliphatic rings. The normalized spacial score (nSPS) is 14.6. The highest BCUT2D eigenvalue weighted by Gasteiger charge is 2.20. The van der Waals surface area contributed by atoms with Crippen LogP contribution in [0.3, 0.4) is 0 Å². The molecule has 1 fully saturated rings. The van der Waals surface area contributed by atoms with E-state index in [9.17, 15) is 9.59 Å². The van der Waals surface area contributed by atoms with E-state index in [2.05, 4.69) is 10.4 Å². The molecule has 1 aromatic heterocycles. The third kappa shape index (κ3) is 3.59. The average molecular weight is 313 g/mol. The van der Waals surface area contributed by atoms with Crippen LogP contribution < -0.4 is 10.1 Å². The standard InChI is InChI=1S/C17H19N3O3/c21-11-13-5-1-4-8-15(13)23-12-17(22)19-16-9-10-18-20(16)14-6-2-3-7-14/h1,4-5,8-11,14H,2-3,6-7,12H2,(H,19,22). The van der Waals surface area contributed by atoms with Gasteiger partial charge in [0.05, 0.1) is 17.8 Å². The number of para-hydroxylation sites is 1. The molecule has 0 saturated heterocycles. The fourth-order valence-electron chi connectivity index (χ4n) is 2.88. The van der Waals surface area contributed by atoms with Crippen molar-refractivity contribution in [1.29, 1.82) is 0 Å². The van der Waals surface area contributed by atoms with Gasteiger partial charge in [0.15, 0.2) is 12.9 Å². The van der Waals surface area contributed by atoms with E-state index in [0.717, 1.165) is 12.8 Å². The minimum atomic E-state index is -0.273. The first kappa shape index (κ1) is 15.3. The molecule has 1 aromatic carbocycles. The largest absolute Gasteiger partial charge is 0.483 e. The van der Waals surface area contributed by atoms with Gasteiger partial charge in [0.2, 0.25) is 0 Å². The zero-order valence-corrected chi connectivity index (χ0v) is 12.8. The van der Waals surface area contributed by atoms with Gasteiger partial charge in [-0.1, -0.05) is 25.0 Å². The Hall–Kier alpha value is -2.63. The lowest BCUT2D eigenvalue weighted by Gasteiger charge is -2.15. The molecule has 0 unspecified atom stereocenters. The molecule has 0 spiro atoms. The summed E-state index contributed by atoms with van der Waals surface area (Å²) in [5.41, 5.74) is 0.427. The first-order valence-electron chi connectivity index (χ1n) is 7.78. The van der Waals surface area contributed by atoms with Gasteiger partial charge in [0, 0.05) is 6.07 Å². The fourth-order valence-corrected chi connectivity index (χ4v) is 2.88. The van der Waals surface area contributed by atoms with Gasteiger partial charge in [-0.25, -0.2) is 4.68 Å². The number of aldehydes is 1. The molecule has 1 heterocycles. The molecule has 0 bridgehead atoms. The summed E-state index contributed by atoms with van der Waals surface area (Å²) in [6.45, 7) is -0.152. The maximum atomic E-state index is 12.1. The first-order chi connectivity index (χ1) is 11.3. The van der Waals surface area contributed by atoms with Crippen LogP contribution in [0.1, 0.15) is 42.1 Å². The van der Waals surface area contributed by atoms with Crippen LogP contribution in [0.5, 0.6) is 5.75 Å². The predicted molar refractivity (Wildman–Crippen MR) is 85.7 cm³/mol. The Morgan fingerprint density at radius 2 is 2.09 bits per heavy atom. The molecule has 1 amide bonds. The summed E-state index contributed by atoms with van der Waals surface area (Å²) in [7, 11) is 0. The molecule has 6 nitrogen and oxygen atoms in total. The lowest BCUT2D eigenvalue weighted by atomic mass is 10.2. The molecular weight excluding hydrogens is 294 g/mol. The van der Waals surface area contributed by atoms with Gasteiger partial charge in [-0.15, -0.1) is 0 Å². The number of hydrogen-bond donors (Lipinski definition) is 1. The molecule has 120 valence electrons. The highest BCUT2D eigenvalue weighted by atomic mass is 16.5. The molecule has 1 N–H and O–H groups in total. The van der Waals surface area contributed by atoms with E-state index in [0.29, 0.717) is 29.5 Å². The Balaban J connectivity index is 1.60. The van der Waals surface area contributed by atoms with Crippen LogP contribution in [0.4, 0.5) is 5.82 Å². The van der Waals surface area contributed by atoms with Crippen LogP contribution in [0.25, 0.3) is 0 Å². The van der Waals surface area contributed by atoms with Gasteiger partial charge in [-0.2, -0.15) is 5.10 Å². The van der Waals surface area contributed by atoms with Crippen LogP contribution in [-0.2, 0) is 4.79 Å². The van der Waals surface area contributed by atoms with Gasteiger partial charge in [-0.3, -0.25) is 9.59 Å². The molecule has 0 aliphatic heterocycles. The summed E-state index contributed by atoms with van der Waals surface area (Å²) in [4.78, 5) is 23.0. The number of nitrogens with zero attached hydrogens (tertiary/aromatic N) is 2. The Morgan fingerprint density at radius 1 is 1.30 bits per heavy atom. The second-order valence-corrected chi connectivity index (χ2v) is 5.59. The number of carbonyl (C=O) groups is 2. The fraction of sp³-hybridized carbons (Fsp3) is 0.353.